The molecule has 0 amide bonds. The molecule has 0 aromatic heterocycles. The highest BCUT2D eigenvalue weighted by atomic mass is 127. The normalized spacial score (nSPS) is 28.6. The summed E-state index contributed by atoms with van der Waals surface area (Å²) in [5.74, 6) is 0. The van der Waals surface area contributed by atoms with E-state index in [9.17, 15) is 0 Å². The molecule has 2 aliphatic rings. The summed E-state index contributed by atoms with van der Waals surface area (Å²) < 4.78 is 14.1. The summed E-state index contributed by atoms with van der Waals surface area (Å²) in [6.07, 6.45) is 3.10. The molecule has 1 aliphatic heterocycles. The average molecular weight is 472 g/mol. The third kappa shape index (κ3) is 3.37. The highest BCUT2D eigenvalue weighted by Crippen LogP contribution is 2.54. The SMILES string of the molecule is CC1(C)C(CI)OC1c1cccc2c1CC[C@@H]2O[Si](C)(C)C(C)(C)C. The van der Waals surface area contributed by atoms with Gasteiger partial charge in [-0.25, -0.2) is 0 Å². The first kappa shape index (κ1) is 19.8. The number of alkyl halides is 1. The van der Waals surface area contributed by atoms with Gasteiger partial charge in [0.25, 0.3) is 0 Å². The van der Waals surface area contributed by atoms with Gasteiger partial charge in [-0.05, 0) is 47.7 Å². The molecule has 1 heterocycles. The van der Waals surface area contributed by atoms with Crippen LogP contribution in [0.3, 0.4) is 0 Å². The van der Waals surface area contributed by atoms with Gasteiger partial charge in [0.1, 0.15) is 0 Å². The van der Waals surface area contributed by atoms with E-state index in [-0.39, 0.29) is 22.7 Å². The van der Waals surface area contributed by atoms with E-state index in [4.69, 9.17) is 9.16 Å². The first-order valence-electron chi connectivity index (χ1n) is 9.50. The molecular formula is C21H33IO2Si. The summed E-state index contributed by atoms with van der Waals surface area (Å²) in [6.45, 7) is 16.4. The van der Waals surface area contributed by atoms with Gasteiger partial charge in [0.2, 0.25) is 0 Å². The van der Waals surface area contributed by atoms with Gasteiger partial charge in [0.15, 0.2) is 8.32 Å². The summed E-state index contributed by atoms with van der Waals surface area (Å²) in [4.78, 5) is 0. The van der Waals surface area contributed by atoms with Crippen LogP contribution in [0, 0.1) is 5.41 Å². The van der Waals surface area contributed by atoms with Crippen molar-refractivity contribution in [2.75, 3.05) is 4.43 Å². The largest absolute Gasteiger partial charge is 0.410 e. The molecule has 1 fully saturated rings. The molecule has 0 bridgehead atoms. The van der Waals surface area contributed by atoms with Crippen molar-refractivity contribution < 1.29 is 9.16 Å². The van der Waals surface area contributed by atoms with Crippen LogP contribution in [-0.4, -0.2) is 18.8 Å². The summed E-state index contributed by atoms with van der Waals surface area (Å²) in [6, 6.07) is 6.77. The standard InChI is InChI=1S/C21H33IO2Si/c1-20(2,3)25(6,7)24-17-12-11-14-15(17)9-8-10-16(14)19-21(4,5)18(13-22)23-19/h8-10,17-19H,11-13H2,1-7H3/t17-,18?,19?/m0/s1. The maximum atomic E-state index is 6.77. The van der Waals surface area contributed by atoms with Crippen molar-refractivity contribution in [3.05, 3.63) is 34.9 Å². The minimum Gasteiger partial charge on any atom is -0.410 e. The van der Waals surface area contributed by atoms with Gasteiger partial charge in [0, 0.05) is 9.84 Å². The summed E-state index contributed by atoms with van der Waals surface area (Å²) in [5, 5.41) is 0.250. The summed E-state index contributed by atoms with van der Waals surface area (Å²) in [5.41, 5.74) is 4.54. The molecule has 1 aromatic carbocycles. The van der Waals surface area contributed by atoms with Crippen LogP contribution in [0.5, 0.6) is 0 Å². The second-order valence-electron chi connectivity index (χ2n) is 9.80. The molecule has 1 aliphatic carbocycles. The Balaban J connectivity index is 1.86. The van der Waals surface area contributed by atoms with Crippen molar-refractivity contribution in [2.24, 2.45) is 5.41 Å². The van der Waals surface area contributed by atoms with Crippen LogP contribution in [-0.2, 0) is 15.6 Å². The van der Waals surface area contributed by atoms with Gasteiger partial charge in [0.05, 0.1) is 18.3 Å². The molecule has 0 N–H and O–H groups in total. The van der Waals surface area contributed by atoms with Gasteiger partial charge in [-0.2, -0.15) is 0 Å². The summed E-state index contributed by atoms with van der Waals surface area (Å²) in [7, 11) is -1.75. The molecule has 140 valence electrons. The van der Waals surface area contributed by atoms with Gasteiger partial charge >= 0.3 is 0 Å². The second-order valence-corrected chi connectivity index (χ2v) is 15.4. The fourth-order valence-corrected chi connectivity index (χ4v) is 6.52. The maximum Gasteiger partial charge on any atom is 0.192 e. The molecule has 3 atom stereocenters. The molecule has 2 unspecified atom stereocenters. The third-order valence-corrected chi connectivity index (χ3v) is 12.0. The fraction of sp³-hybridized carbons (Fsp3) is 0.714. The fourth-order valence-electron chi connectivity index (χ4n) is 3.87. The lowest BCUT2D eigenvalue weighted by Gasteiger charge is -2.52. The minimum absolute atomic E-state index is 0.217. The van der Waals surface area contributed by atoms with E-state index in [1.807, 2.05) is 0 Å². The van der Waals surface area contributed by atoms with E-state index >= 15 is 0 Å². The van der Waals surface area contributed by atoms with Crippen LogP contribution in [0.15, 0.2) is 18.2 Å². The monoisotopic (exact) mass is 472 g/mol. The van der Waals surface area contributed by atoms with E-state index in [1.54, 1.807) is 0 Å². The average Bonchev–Trinajstić information content (AvgIpc) is 2.89. The van der Waals surface area contributed by atoms with Crippen molar-refractivity contribution in [2.45, 2.75) is 83.9 Å². The van der Waals surface area contributed by atoms with E-state index in [1.165, 1.54) is 16.7 Å². The smallest absolute Gasteiger partial charge is 0.192 e. The Labute approximate surface area is 168 Å². The first-order valence-corrected chi connectivity index (χ1v) is 13.9. The molecule has 1 saturated heterocycles. The van der Waals surface area contributed by atoms with Crippen molar-refractivity contribution in [3.63, 3.8) is 0 Å². The van der Waals surface area contributed by atoms with Gasteiger partial charge in [-0.1, -0.05) is 75.4 Å². The number of hydrogen-bond acceptors (Lipinski definition) is 2. The van der Waals surface area contributed by atoms with E-state index < -0.39 is 8.32 Å². The van der Waals surface area contributed by atoms with E-state index in [0.717, 1.165) is 17.3 Å². The Morgan fingerprint density at radius 2 is 1.88 bits per heavy atom. The lowest BCUT2D eigenvalue weighted by atomic mass is 9.72. The number of rotatable bonds is 4. The lowest BCUT2D eigenvalue weighted by Crippen LogP contribution is -2.51. The van der Waals surface area contributed by atoms with Crippen LogP contribution in [0.25, 0.3) is 0 Å². The highest BCUT2D eigenvalue weighted by Gasteiger charge is 2.51. The molecule has 4 heteroatoms. The van der Waals surface area contributed by atoms with Crippen molar-refractivity contribution in [1.82, 2.24) is 0 Å². The van der Waals surface area contributed by atoms with E-state index in [0.29, 0.717) is 6.10 Å². The topological polar surface area (TPSA) is 18.5 Å². The number of ether oxygens (including phenoxy) is 1. The third-order valence-electron chi connectivity index (χ3n) is 6.72. The van der Waals surface area contributed by atoms with Crippen molar-refractivity contribution in [1.29, 1.82) is 0 Å². The van der Waals surface area contributed by atoms with Crippen LogP contribution in [0.2, 0.25) is 18.1 Å². The Hall–Kier alpha value is 0.0869. The van der Waals surface area contributed by atoms with Gasteiger partial charge in [-0.3, -0.25) is 0 Å². The molecule has 25 heavy (non-hydrogen) atoms. The van der Waals surface area contributed by atoms with Crippen molar-refractivity contribution in [3.8, 4) is 0 Å². The predicted octanol–water partition coefficient (Wildman–Crippen LogP) is 6.60. The predicted molar refractivity (Wildman–Crippen MR) is 116 cm³/mol. The Morgan fingerprint density at radius 1 is 1.24 bits per heavy atom. The van der Waals surface area contributed by atoms with Crippen molar-refractivity contribution >= 4 is 30.9 Å². The second kappa shape index (κ2) is 6.61. The lowest BCUT2D eigenvalue weighted by molar-refractivity contribution is -0.226. The molecule has 0 spiro atoms. The first-order chi connectivity index (χ1) is 11.5. The van der Waals surface area contributed by atoms with Crippen LogP contribution in [0.1, 0.15) is 69.9 Å². The quantitative estimate of drug-likeness (QED) is 0.279. The Kier molecular flexibility index (Phi) is 5.24. The van der Waals surface area contributed by atoms with Crippen LogP contribution >= 0.6 is 22.6 Å². The summed E-state index contributed by atoms with van der Waals surface area (Å²) >= 11 is 2.44. The number of fused-ring (bicyclic) bond motifs is 1. The molecule has 2 nitrogen and oxygen atoms in total. The van der Waals surface area contributed by atoms with Gasteiger partial charge < -0.3 is 9.16 Å². The molecule has 3 rings (SSSR count). The molecular weight excluding hydrogens is 439 g/mol. The van der Waals surface area contributed by atoms with Crippen LogP contribution in [0.4, 0.5) is 0 Å². The zero-order valence-corrected chi connectivity index (χ0v) is 19.9. The highest BCUT2D eigenvalue weighted by molar-refractivity contribution is 14.1. The zero-order chi connectivity index (χ0) is 18.6. The molecule has 0 radical (unpaired) electrons. The number of benzene rings is 1. The Morgan fingerprint density at radius 3 is 2.44 bits per heavy atom. The zero-order valence-electron chi connectivity index (χ0n) is 16.8. The van der Waals surface area contributed by atoms with Crippen LogP contribution < -0.4 is 0 Å². The van der Waals surface area contributed by atoms with Gasteiger partial charge in [-0.15, -0.1) is 0 Å². The molecule has 0 saturated carbocycles. The van der Waals surface area contributed by atoms with E-state index in [2.05, 4.69) is 88.5 Å². The minimum atomic E-state index is -1.75. The molecule has 1 aromatic rings. The number of halogens is 1. The number of hydrogen-bond donors (Lipinski definition) is 0. The Bertz CT molecular complexity index is 648. The maximum absolute atomic E-state index is 6.77.